The quantitative estimate of drug-likeness (QED) is 0.582. The topological polar surface area (TPSA) is 29.1 Å². The molecule has 0 aromatic heterocycles. The van der Waals surface area contributed by atoms with E-state index in [9.17, 15) is 4.79 Å². The monoisotopic (exact) mass is 395 g/mol. The van der Waals surface area contributed by atoms with Crippen LogP contribution in [0.2, 0.25) is 10.0 Å². The summed E-state index contributed by atoms with van der Waals surface area (Å²) in [5.41, 5.74) is 2.02. The zero-order chi connectivity index (χ0) is 18.2. The van der Waals surface area contributed by atoms with E-state index < -0.39 is 0 Å². The number of hydrogen-bond donors (Lipinski definition) is 1. The van der Waals surface area contributed by atoms with Crippen molar-refractivity contribution in [1.29, 1.82) is 0 Å². The van der Waals surface area contributed by atoms with Gasteiger partial charge in [0.1, 0.15) is 0 Å². The fraction of sp³-hybridized carbons (Fsp3) is 0.350. The van der Waals surface area contributed by atoms with E-state index in [-0.39, 0.29) is 11.9 Å². The van der Waals surface area contributed by atoms with Crippen LogP contribution in [-0.2, 0) is 10.5 Å². The molecule has 5 heteroatoms. The third-order valence-corrected chi connectivity index (χ3v) is 5.45. The highest BCUT2D eigenvalue weighted by molar-refractivity contribution is 7.99. The maximum atomic E-state index is 12.4. The van der Waals surface area contributed by atoms with E-state index in [1.807, 2.05) is 36.4 Å². The first-order valence-corrected chi connectivity index (χ1v) is 10.2. The predicted octanol–water partition coefficient (Wildman–Crippen LogP) is 6.13. The molecule has 0 aliphatic rings. The van der Waals surface area contributed by atoms with Gasteiger partial charge in [-0.15, -0.1) is 11.8 Å². The Hall–Kier alpha value is -1.16. The summed E-state index contributed by atoms with van der Waals surface area (Å²) < 4.78 is 0. The van der Waals surface area contributed by atoms with Crippen molar-refractivity contribution in [3.8, 4) is 0 Å². The molecule has 0 fully saturated rings. The lowest BCUT2D eigenvalue weighted by atomic mass is 9.97. The predicted molar refractivity (Wildman–Crippen MR) is 109 cm³/mol. The van der Waals surface area contributed by atoms with Crippen LogP contribution in [0.25, 0.3) is 0 Å². The molecular weight excluding hydrogens is 373 g/mol. The molecule has 1 amide bonds. The van der Waals surface area contributed by atoms with Crippen molar-refractivity contribution in [3.63, 3.8) is 0 Å². The summed E-state index contributed by atoms with van der Waals surface area (Å²) in [5.74, 6) is 1.53. The third kappa shape index (κ3) is 6.58. The lowest BCUT2D eigenvalue weighted by molar-refractivity contribution is -0.119. The molecule has 2 aromatic rings. The molecule has 0 saturated heterocycles. The lowest BCUT2D eigenvalue weighted by Gasteiger charge is -2.21. The van der Waals surface area contributed by atoms with Gasteiger partial charge in [-0.2, -0.15) is 0 Å². The van der Waals surface area contributed by atoms with E-state index in [0.717, 1.165) is 17.5 Å². The molecular formula is C20H23Cl2NOS. The summed E-state index contributed by atoms with van der Waals surface area (Å²) in [6, 6.07) is 15.6. The van der Waals surface area contributed by atoms with Crippen molar-refractivity contribution in [2.75, 3.05) is 5.75 Å². The van der Waals surface area contributed by atoms with Gasteiger partial charge >= 0.3 is 0 Å². The smallest absolute Gasteiger partial charge is 0.230 e. The van der Waals surface area contributed by atoms with Crippen LogP contribution in [0, 0.1) is 5.92 Å². The average molecular weight is 396 g/mol. The van der Waals surface area contributed by atoms with Gasteiger partial charge in [-0.25, -0.2) is 0 Å². The molecule has 1 unspecified atom stereocenters. The van der Waals surface area contributed by atoms with Gasteiger partial charge in [-0.3, -0.25) is 4.79 Å². The molecule has 0 saturated carbocycles. The number of rotatable bonds is 8. The van der Waals surface area contributed by atoms with Crippen LogP contribution < -0.4 is 5.32 Å². The highest BCUT2D eigenvalue weighted by atomic mass is 35.5. The van der Waals surface area contributed by atoms with Crippen molar-refractivity contribution in [2.24, 2.45) is 5.92 Å². The number of nitrogens with one attached hydrogen (secondary N) is 1. The van der Waals surface area contributed by atoms with E-state index in [4.69, 9.17) is 23.2 Å². The molecule has 0 spiro atoms. The molecule has 0 heterocycles. The summed E-state index contributed by atoms with van der Waals surface area (Å²) in [6.45, 7) is 4.33. The summed E-state index contributed by atoms with van der Waals surface area (Å²) in [6.07, 6.45) is 0.913. The van der Waals surface area contributed by atoms with Crippen molar-refractivity contribution in [2.45, 2.75) is 32.1 Å². The maximum absolute atomic E-state index is 12.4. The molecule has 2 nitrogen and oxygen atoms in total. The molecule has 134 valence electrons. The Labute approximate surface area is 164 Å². The second kappa shape index (κ2) is 10.1. The minimum absolute atomic E-state index is 0.0303. The Balaban J connectivity index is 1.91. The SMILES string of the molecule is CC(C)CC(NC(=O)CSCc1c(Cl)cccc1Cl)c1ccccc1. The number of thioether (sulfide) groups is 1. The minimum atomic E-state index is 0.0303. The first kappa shape index (κ1) is 20.2. The number of amides is 1. The molecule has 25 heavy (non-hydrogen) atoms. The molecule has 0 aliphatic carbocycles. The van der Waals surface area contributed by atoms with Crippen LogP contribution in [0.15, 0.2) is 48.5 Å². The summed E-state index contributed by atoms with van der Waals surface area (Å²) in [5, 5.41) is 4.44. The van der Waals surface area contributed by atoms with E-state index in [1.165, 1.54) is 11.8 Å². The minimum Gasteiger partial charge on any atom is -0.349 e. The fourth-order valence-electron chi connectivity index (χ4n) is 2.59. The molecule has 2 aromatic carbocycles. The molecule has 2 rings (SSSR count). The van der Waals surface area contributed by atoms with Crippen molar-refractivity contribution in [1.82, 2.24) is 5.32 Å². The second-order valence-corrected chi connectivity index (χ2v) is 8.15. The van der Waals surface area contributed by atoms with E-state index in [1.54, 1.807) is 0 Å². The second-order valence-electron chi connectivity index (χ2n) is 6.35. The molecule has 1 N–H and O–H groups in total. The Morgan fingerprint density at radius 1 is 1.04 bits per heavy atom. The normalized spacial score (nSPS) is 12.2. The van der Waals surface area contributed by atoms with Crippen LogP contribution in [-0.4, -0.2) is 11.7 Å². The van der Waals surface area contributed by atoms with Crippen LogP contribution in [0.3, 0.4) is 0 Å². The van der Waals surface area contributed by atoms with Crippen LogP contribution in [0.5, 0.6) is 0 Å². The van der Waals surface area contributed by atoms with Gasteiger partial charge in [-0.05, 0) is 35.6 Å². The molecule has 0 bridgehead atoms. The van der Waals surface area contributed by atoms with Gasteiger partial charge in [0.15, 0.2) is 0 Å². The van der Waals surface area contributed by atoms with Gasteiger partial charge in [0, 0.05) is 15.8 Å². The Kier molecular flexibility index (Phi) is 8.14. The molecule has 1 atom stereocenters. The zero-order valence-electron chi connectivity index (χ0n) is 14.5. The van der Waals surface area contributed by atoms with Gasteiger partial charge in [0.05, 0.1) is 11.8 Å². The Bertz CT molecular complexity index is 671. The number of carbonyl (C=O) groups excluding carboxylic acids is 1. The number of hydrogen-bond acceptors (Lipinski definition) is 2. The standard InChI is InChI=1S/C20H23Cl2NOS/c1-14(2)11-19(15-7-4-3-5-8-15)23-20(24)13-25-12-16-17(21)9-6-10-18(16)22/h3-10,14,19H,11-13H2,1-2H3,(H,23,24). The van der Waals surface area contributed by atoms with E-state index >= 15 is 0 Å². The Morgan fingerprint density at radius 3 is 2.28 bits per heavy atom. The van der Waals surface area contributed by atoms with Gasteiger partial charge < -0.3 is 5.32 Å². The number of carbonyl (C=O) groups is 1. The number of halogens is 2. The first-order chi connectivity index (χ1) is 12.0. The van der Waals surface area contributed by atoms with Gasteiger partial charge in [0.2, 0.25) is 5.91 Å². The molecule has 0 aliphatic heterocycles. The maximum Gasteiger partial charge on any atom is 0.230 e. The summed E-state index contributed by atoms with van der Waals surface area (Å²) in [7, 11) is 0. The number of benzene rings is 2. The largest absolute Gasteiger partial charge is 0.349 e. The van der Waals surface area contributed by atoms with Crippen LogP contribution in [0.4, 0.5) is 0 Å². The fourth-order valence-corrected chi connectivity index (χ4v) is 4.16. The Morgan fingerprint density at radius 2 is 1.68 bits per heavy atom. The van der Waals surface area contributed by atoms with E-state index in [0.29, 0.717) is 27.5 Å². The van der Waals surface area contributed by atoms with Crippen molar-refractivity contribution < 1.29 is 4.79 Å². The average Bonchev–Trinajstić information content (AvgIpc) is 2.57. The highest BCUT2D eigenvalue weighted by Crippen LogP contribution is 2.28. The first-order valence-electron chi connectivity index (χ1n) is 8.32. The molecule has 0 radical (unpaired) electrons. The van der Waals surface area contributed by atoms with Crippen LogP contribution >= 0.6 is 35.0 Å². The van der Waals surface area contributed by atoms with Gasteiger partial charge in [-0.1, -0.05) is 73.4 Å². The van der Waals surface area contributed by atoms with Crippen molar-refractivity contribution >= 4 is 40.9 Å². The van der Waals surface area contributed by atoms with Crippen molar-refractivity contribution in [3.05, 3.63) is 69.7 Å². The van der Waals surface area contributed by atoms with E-state index in [2.05, 4.69) is 31.3 Å². The third-order valence-electron chi connectivity index (χ3n) is 3.79. The van der Waals surface area contributed by atoms with Crippen LogP contribution in [0.1, 0.15) is 37.4 Å². The summed E-state index contributed by atoms with van der Waals surface area (Å²) in [4.78, 5) is 12.4. The lowest BCUT2D eigenvalue weighted by Crippen LogP contribution is -2.30. The zero-order valence-corrected chi connectivity index (χ0v) is 16.8. The summed E-state index contributed by atoms with van der Waals surface area (Å²) >= 11 is 13.9. The van der Waals surface area contributed by atoms with Gasteiger partial charge in [0.25, 0.3) is 0 Å². The highest BCUT2D eigenvalue weighted by Gasteiger charge is 2.16.